The van der Waals surface area contributed by atoms with Gasteiger partial charge in [-0.3, -0.25) is 9.59 Å². The summed E-state index contributed by atoms with van der Waals surface area (Å²) < 4.78 is 7.59. The number of unbranched alkanes of at least 4 members (excludes halogenated alkanes) is 1. The molecule has 1 N–H and O–H groups in total. The van der Waals surface area contributed by atoms with Crippen LogP contribution < -0.4 is 5.32 Å². The topological polar surface area (TPSA) is 63.6 Å². The highest BCUT2D eigenvalue weighted by molar-refractivity contribution is 6.07. The predicted molar refractivity (Wildman–Crippen MR) is 122 cm³/mol. The second-order valence-corrected chi connectivity index (χ2v) is 8.00. The molecule has 1 aliphatic heterocycles. The Morgan fingerprint density at radius 1 is 1.03 bits per heavy atom. The number of carbonyl (C=O) groups is 2. The van der Waals surface area contributed by atoms with Gasteiger partial charge in [-0.2, -0.15) is 0 Å². The molecular weight excluding hydrogens is 390 g/mol. The fourth-order valence-corrected chi connectivity index (χ4v) is 4.16. The van der Waals surface area contributed by atoms with Crippen LogP contribution in [-0.2, 0) is 22.5 Å². The number of nitrogens with one attached hydrogen (secondary N) is 1. The standard InChI is InChI=1S/C25H29N3O3/c1-19(29)26-21-9-6-8-20(17-21)7-4-5-12-28-18-23(22-10-2-3-11-24(22)28)25(30)27-13-15-31-16-14-27/h2-3,6,8-11,17-18H,4-5,7,12-16H2,1H3,(H,26,29). The zero-order valence-electron chi connectivity index (χ0n) is 18.0. The number of para-hydroxylation sites is 1. The van der Waals surface area contributed by atoms with Gasteiger partial charge in [-0.15, -0.1) is 0 Å². The summed E-state index contributed by atoms with van der Waals surface area (Å²) in [4.78, 5) is 26.2. The smallest absolute Gasteiger partial charge is 0.256 e. The average molecular weight is 420 g/mol. The molecule has 2 heterocycles. The Morgan fingerprint density at radius 2 is 1.84 bits per heavy atom. The first-order valence-corrected chi connectivity index (χ1v) is 10.9. The number of ether oxygens (including phenoxy) is 1. The van der Waals surface area contributed by atoms with Crippen LogP contribution >= 0.6 is 0 Å². The number of carbonyl (C=O) groups excluding carboxylic acids is 2. The molecule has 2 aromatic carbocycles. The number of fused-ring (bicyclic) bond motifs is 1. The van der Waals surface area contributed by atoms with Crippen LogP contribution in [0.2, 0.25) is 0 Å². The Balaban J connectivity index is 1.41. The van der Waals surface area contributed by atoms with Gasteiger partial charge in [-0.05, 0) is 43.0 Å². The summed E-state index contributed by atoms with van der Waals surface area (Å²) in [6, 6.07) is 16.1. The van der Waals surface area contributed by atoms with Crippen molar-refractivity contribution >= 4 is 28.4 Å². The highest BCUT2D eigenvalue weighted by atomic mass is 16.5. The summed E-state index contributed by atoms with van der Waals surface area (Å²) in [7, 11) is 0. The molecule has 6 heteroatoms. The molecule has 31 heavy (non-hydrogen) atoms. The second kappa shape index (κ2) is 9.79. The van der Waals surface area contributed by atoms with E-state index in [9.17, 15) is 9.59 Å². The number of rotatable bonds is 7. The predicted octanol–water partition coefficient (Wildman–Crippen LogP) is 4.10. The lowest BCUT2D eigenvalue weighted by atomic mass is 10.1. The normalized spacial score (nSPS) is 14.0. The lowest BCUT2D eigenvalue weighted by Gasteiger charge is -2.26. The second-order valence-electron chi connectivity index (χ2n) is 8.00. The molecule has 3 aromatic rings. The summed E-state index contributed by atoms with van der Waals surface area (Å²) in [5, 5.41) is 3.85. The monoisotopic (exact) mass is 419 g/mol. The summed E-state index contributed by atoms with van der Waals surface area (Å²) in [6.45, 7) is 4.89. The molecular formula is C25H29N3O3. The van der Waals surface area contributed by atoms with Crippen LogP contribution in [0.5, 0.6) is 0 Å². The van der Waals surface area contributed by atoms with Crippen molar-refractivity contribution in [2.75, 3.05) is 31.6 Å². The molecule has 6 nitrogen and oxygen atoms in total. The Labute approximate surface area is 182 Å². The number of aryl methyl sites for hydroxylation is 2. The highest BCUT2D eigenvalue weighted by Gasteiger charge is 2.22. The molecule has 0 spiro atoms. The van der Waals surface area contributed by atoms with Crippen LogP contribution in [-0.4, -0.2) is 47.6 Å². The third-order valence-corrected chi connectivity index (χ3v) is 5.68. The van der Waals surface area contributed by atoms with Crippen molar-refractivity contribution in [3.05, 3.63) is 65.9 Å². The van der Waals surface area contributed by atoms with Crippen LogP contribution in [0, 0.1) is 0 Å². The van der Waals surface area contributed by atoms with Gasteiger partial charge in [0, 0.05) is 49.3 Å². The highest BCUT2D eigenvalue weighted by Crippen LogP contribution is 2.24. The van der Waals surface area contributed by atoms with E-state index in [1.54, 1.807) is 0 Å². The lowest BCUT2D eigenvalue weighted by Crippen LogP contribution is -2.40. The molecule has 1 saturated heterocycles. The Hall–Kier alpha value is -3.12. The summed E-state index contributed by atoms with van der Waals surface area (Å²) >= 11 is 0. The zero-order chi connectivity index (χ0) is 21.6. The maximum atomic E-state index is 13.1. The van der Waals surface area contributed by atoms with Crippen LogP contribution in [0.25, 0.3) is 10.9 Å². The number of aromatic nitrogens is 1. The summed E-state index contributed by atoms with van der Waals surface area (Å²) in [5.41, 5.74) is 3.94. The number of hydrogen-bond donors (Lipinski definition) is 1. The molecule has 0 unspecified atom stereocenters. The van der Waals surface area contributed by atoms with Crippen molar-refractivity contribution in [3.8, 4) is 0 Å². The maximum absolute atomic E-state index is 13.1. The molecule has 1 aromatic heterocycles. The Bertz CT molecular complexity index is 1070. The van der Waals surface area contributed by atoms with Crippen molar-refractivity contribution in [2.45, 2.75) is 32.7 Å². The molecule has 0 atom stereocenters. The number of amides is 2. The van der Waals surface area contributed by atoms with E-state index in [1.165, 1.54) is 12.5 Å². The summed E-state index contributed by atoms with van der Waals surface area (Å²) in [5.74, 6) is 0.0344. The van der Waals surface area contributed by atoms with E-state index in [2.05, 4.69) is 22.0 Å². The third-order valence-electron chi connectivity index (χ3n) is 5.68. The van der Waals surface area contributed by atoms with Crippen LogP contribution in [0.15, 0.2) is 54.7 Å². The first kappa shape index (κ1) is 21.1. The van der Waals surface area contributed by atoms with Crippen molar-refractivity contribution in [1.29, 1.82) is 0 Å². The van der Waals surface area contributed by atoms with E-state index >= 15 is 0 Å². The molecule has 0 radical (unpaired) electrons. The van der Waals surface area contributed by atoms with Gasteiger partial charge in [0.25, 0.3) is 5.91 Å². The molecule has 162 valence electrons. The fourth-order valence-electron chi connectivity index (χ4n) is 4.16. The van der Waals surface area contributed by atoms with Crippen LogP contribution in [0.1, 0.15) is 35.7 Å². The largest absolute Gasteiger partial charge is 0.378 e. The minimum absolute atomic E-state index is 0.0564. The van der Waals surface area contributed by atoms with E-state index in [0.717, 1.165) is 48.0 Å². The molecule has 4 rings (SSSR count). The fraction of sp³-hybridized carbons (Fsp3) is 0.360. The first-order valence-electron chi connectivity index (χ1n) is 10.9. The van der Waals surface area contributed by atoms with Crippen LogP contribution in [0.3, 0.4) is 0 Å². The molecule has 0 bridgehead atoms. The molecule has 0 aliphatic carbocycles. The van der Waals surface area contributed by atoms with Crippen LogP contribution in [0.4, 0.5) is 5.69 Å². The van der Waals surface area contributed by atoms with Gasteiger partial charge >= 0.3 is 0 Å². The number of nitrogens with zero attached hydrogens (tertiary/aromatic N) is 2. The minimum atomic E-state index is -0.0564. The molecule has 1 fully saturated rings. The molecule has 0 saturated carbocycles. The minimum Gasteiger partial charge on any atom is -0.378 e. The zero-order valence-corrected chi connectivity index (χ0v) is 18.0. The van der Waals surface area contributed by atoms with Gasteiger partial charge in [0.15, 0.2) is 0 Å². The summed E-state index contributed by atoms with van der Waals surface area (Å²) in [6.07, 6.45) is 5.00. The van der Waals surface area contributed by atoms with E-state index in [-0.39, 0.29) is 11.8 Å². The number of anilines is 1. The van der Waals surface area contributed by atoms with E-state index in [4.69, 9.17) is 4.74 Å². The average Bonchev–Trinajstić information content (AvgIpc) is 3.15. The molecule has 2 amide bonds. The van der Waals surface area contributed by atoms with Crippen molar-refractivity contribution < 1.29 is 14.3 Å². The number of morpholine rings is 1. The van der Waals surface area contributed by atoms with E-state index in [1.807, 2.05) is 47.5 Å². The number of hydrogen-bond acceptors (Lipinski definition) is 3. The Morgan fingerprint density at radius 3 is 2.65 bits per heavy atom. The molecule has 1 aliphatic rings. The van der Waals surface area contributed by atoms with E-state index < -0.39 is 0 Å². The van der Waals surface area contributed by atoms with Crippen molar-refractivity contribution in [3.63, 3.8) is 0 Å². The quantitative estimate of drug-likeness (QED) is 0.587. The van der Waals surface area contributed by atoms with Gasteiger partial charge < -0.3 is 19.5 Å². The van der Waals surface area contributed by atoms with Gasteiger partial charge in [-0.1, -0.05) is 30.3 Å². The third kappa shape index (κ3) is 5.14. The van der Waals surface area contributed by atoms with Gasteiger partial charge in [-0.25, -0.2) is 0 Å². The maximum Gasteiger partial charge on any atom is 0.256 e. The van der Waals surface area contributed by atoms with Crippen molar-refractivity contribution in [2.24, 2.45) is 0 Å². The van der Waals surface area contributed by atoms with Gasteiger partial charge in [0.05, 0.1) is 18.8 Å². The Kier molecular flexibility index (Phi) is 6.67. The van der Waals surface area contributed by atoms with Gasteiger partial charge in [0.2, 0.25) is 5.91 Å². The van der Waals surface area contributed by atoms with Crippen molar-refractivity contribution in [1.82, 2.24) is 9.47 Å². The lowest BCUT2D eigenvalue weighted by molar-refractivity contribution is -0.114. The first-order chi connectivity index (χ1) is 15.1. The number of benzene rings is 2. The van der Waals surface area contributed by atoms with E-state index in [0.29, 0.717) is 26.3 Å². The van der Waals surface area contributed by atoms with Gasteiger partial charge in [0.1, 0.15) is 0 Å². The SMILES string of the molecule is CC(=O)Nc1cccc(CCCCn2cc(C(=O)N3CCOCC3)c3ccccc32)c1.